The number of hydrogen-bond donors (Lipinski definition) is 3. The van der Waals surface area contributed by atoms with Crippen molar-refractivity contribution in [3.05, 3.63) is 0 Å². The number of rotatable bonds is 2. The Hall–Kier alpha value is -0.320. The first-order chi connectivity index (χ1) is 10.0. The number of fused-ring (bicyclic) bond motifs is 2. The Morgan fingerprint density at radius 1 is 1.05 bits per heavy atom. The zero-order chi connectivity index (χ0) is 15.1. The summed E-state index contributed by atoms with van der Waals surface area (Å²) in [7, 11) is 1.56. The highest BCUT2D eigenvalue weighted by Gasteiger charge is 2.54. The molecule has 3 heterocycles. The van der Waals surface area contributed by atoms with Crippen molar-refractivity contribution in [2.75, 3.05) is 13.7 Å². The molecule has 3 aliphatic rings. The Kier molecular flexibility index (Phi) is 4.49. The molecule has 0 bridgehead atoms. The van der Waals surface area contributed by atoms with Gasteiger partial charge in [0.1, 0.15) is 30.5 Å². The Balaban J connectivity index is 1.74. The minimum absolute atomic E-state index is 0.269. The van der Waals surface area contributed by atoms with Gasteiger partial charge in [-0.15, -0.1) is 0 Å². The molecule has 3 N–H and O–H groups in total. The second kappa shape index (κ2) is 6.05. The van der Waals surface area contributed by atoms with E-state index in [1.807, 2.05) is 6.92 Å². The second-order valence-electron chi connectivity index (χ2n) is 5.69. The van der Waals surface area contributed by atoms with E-state index >= 15 is 0 Å². The van der Waals surface area contributed by atoms with Gasteiger partial charge in [0.25, 0.3) is 0 Å². The van der Waals surface area contributed by atoms with Crippen LogP contribution < -0.4 is 0 Å². The highest BCUT2D eigenvalue weighted by molar-refractivity contribution is 4.96. The maximum absolute atomic E-state index is 10.1. The standard InChI is InChI=1S/C13H22O8/c1-5-11-6(3-8(17-2)18-5)19-13-12(21-11)10(16)9(15)7(4-14)20-13/h5-16H,3-4H2,1-2H3/t5-,6-,7-,8-,9-,10+,11-,12-,13-/m1/s1. The summed E-state index contributed by atoms with van der Waals surface area (Å²) in [5.41, 5.74) is 0. The topological polar surface area (TPSA) is 107 Å². The van der Waals surface area contributed by atoms with Crippen LogP contribution in [0, 0.1) is 0 Å². The van der Waals surface area contributed by atoms with Crippen LogP contribution in [0.1, 0.15) is 13.3 Å². The van der Waals surface area contributed by atoms with Crippen molar-refractivity contribution in [1.82, 2.24) is 0 Å². The molecule has 0 unspecified atom stereocenters. The lowest BCUT2D eigenvalue weighted by atomic mass is 9.94. The SMILES string of the molecule is CO[C@H]1C[C@H]2O[C@@H]3O[C@H](CO)[C@@H](O)[C@H](O)[C@H]3O[C@@H]2[C@@H](C)O1. The van der Waals surface area contributed by atoms with Gasteiger partial charge in [-0.25, -0.2) is 0 Å². The van der Waals surface area contributed by atoms with Crippen LogP contribution in [-0.4, -0.2) is 84.3 Å². The largest absolute Gasteiger partial charge is 0.394 e. The number of aliphatic hydroxyl groups is 3. The molecule has 3 saturated heterocycles. The molecule has 0 aromatic rings. The van der Waals surface area contributed by atoms with Crippen LogP contribution in [0.4, 0.5) is 0 Å². The molecule has 3 fully saturated rings. The van der Waals surface area contributed by atoms with E-state index in [4.69, 9.17) is 23.7 Å². The van der Waals surface area contributed by atoms with Gasteiger partial charge in [-0.1, -0.05) is 0 Å². The van der Waals surface area contributed by atoms with Crippen molar-refractivity contribution in [3.8, 4) is 0 Å². The molecule has 21 heavy (non-hydrogen) atoms. The smallest absolute Gasteiger partial charge is 0.187 e. The van der Waals surface area contributed by atoms with Crippen LogP contribution in [0.3, 0.4) is 0 Å². The Morgan fingerprint density at radius 2 is 1.81 bits per heavy atom. The van der Waals surface area contributed by atoms with E-state index in [1.165, 1.54) is 0 Å². The summed E-state index contributed by atoms with van der Waals surface area (Å²) >= 11 is 0. The van der Waals surface area contributed by atoms with Gasteiger partial charge in [0.15, 0.2) is 12.6 Å². The van der Waals surface area contributed by atoms with E-state index in [2.05, 4.69) is 0 Å². The molecule has 0 radical (unpaired) electrons. The Labute approximate surface area is 122 Å². The summed E-state index contributed by atoms with van der Waals surface area (Å²) in [4.78, 5) is 0. The van der Waals surface area contributed by atoms with Crippen molar-refractivity contribution in [3.63, 3.8) is 0 Å². The summed E-state index contributed by atoms with van der Waals surface area (Å²) in [5.74, 6) is 0. The van der Waals surface area contributed by atoms with Crippen molar-refractivity contribution in [1.29, 1.82) is 0 Å². The van der Waals surface area contributed by atoms with E-state index in [0.717, 1.165) is 0 Å². The summed E-state index contributed by atoms with van der Waals surface area (Å²) in [6.45, 7) is 1.44. The monoisotopic (exact) mass is 306 g/mol. The third-order valence-corrected chi connectivity index (χ3v) is 4.33. The Morgan fingerprint density at radius 3 is 2.48 bits per heavy atom. The van der Waals surface area contributed by atoms with Crippen molar-refractivity contribution >= 4 is 0 Å². The number of methoxy groups -OCH3 is 1. The van der Waals surface area contributed by atoms with Crippen molar-refractivity contribution in [2.45, 2.75) is 68.7 Å². The third-order valence-electron chi connectivity index (χ3n) is 4.33. The first kappa shape index (κ1) is 15.6. The number of hydrogen-bond acceptors (Lipinski definition) is 8. The van der Waals surface area contributed by atoms with Crippen LogP contribution >= 0.6 is 0 Å². The highest BCUT2D eigenvalue weighted by Crippen LogP contribution is 2.36. The fourth-order valence-electron chi connectivity index (χ4n) is 3.15. The molecular formula is C13H22O8. The first-order valence-electron chi connectivity index (χ1n) is 7.16. The average molecular weight is 306 g/mol. The maximum atomic E-state index is 10.1. The minimum Gasteiger partial charge on any atom is -0.394 e. The van der Waals surface area contributed by atoms with Crippen LogP contribution in [0.2, 0.25) is 0 Å². The molecule has 9 atom stereocenters. The first-order valence-corrected chi connectivity index (χ1v) is 7.16. The molecule has 122 valence electrons. The van der Waals surface area contributed by atoms with Gasteiger partial charge in [0.2, 0.25) is 0 Å². The molecule has 0 aromatic carbocycles. The van der Waals surface area contributed by atoms with E-state index < -0.39 is 37.3 Å². The predicted octanol–water partition coefficient (Wildman–Crippen LogP) is -1.64. The summed E-state index contributed by atoms with van der Waals surface area (Å²) in [5, 5.41) is 29.2. The number of ether oxygens (including phenoxy) is 5. The molecule has 0 amide bonds. The van der Waals surface area contributed by atoms with Crippen molar-refractivity contribution < 1.29 is 39.0 Å². The molecular weight excluding hydrogens is 284 g/mol. The molecule has 0 spiro atoms. The van der Waals surface area contributed by atoms with E-state index in [-0.39, 0.29) is 24.6 Å². The van der Waals surface area contributed by atoms with E-state index in [0.29, 0.717) is 6.42 Å². The molecule has 3 aliphatic heterocycles. The molecule has 3 rings (SSSR count). The van der Waals surface area contributed by atoms with Crippen LogP contribution in [0.5, 0.6) is 0 Å². The molecule has 0 aliphatic carbocycles. The van der Waals surface area contributed by atoms with Gasteiger partial charge in [0, 0.05) is 13.5 Å². The fourth-order valence-corrected chi connectivity index (χ4v) is 3.15. The normalized spacial score (nSPS) is 53.9. The van der Waals surface area contributed by atoms with Crippen LogP contribution in [0.25, 0.3) is 0 Å². The predicted molar refractivity (Wildman–Crippen MR) is 67.3 cm³/mol. The summed E-state index contributed by atoms with van der Waals surface area (Å²) in [6, 6.07) is 0. The lowest BCUT2D eigenvalue weighted by molar-refractivity contribution is -0.394. The maximum Gasteiger partial charge on any atom is 0.187 e. The lowest BCUT2D eigenvalue weighted by Gasteiger charge is -2.51. The van der Waals surface area contributed by atoms with Gasteiger partial charge in [-0.2, -0.15) is 0 Å². The quantitative estimate of drug-likeness (QED) is 0.558. The van der Waals surface area contributed by atoms with E-state index in [9.17, 15) is 15.3 Å². The summed E-state index contributed by atoms with van der Waals surface area (Å²) in [6.07, 6.45) is -5.76. The van der Waals surface area contributed by atoms with Gasteiger partial charge in [-0.05, 0) is 6.92 Å². The minimum atomic E-state index is -1.22. The van der Waals surface area contributed by atoms with Crippen molar-refractivity contribution in [2.24, 2.45) is 0 Å². The zero-order valence-electron chi connectivity index (χ0n) is 12.0. The molecule has 8 heteroatoms. The van der Waals surface area contributed by atoms with E-state index in [1.54, 1.807) is 7.11 Å². The van der Waals surface area contributed by atoms with Crippen LogP contribution in [-0.2, 0) is 23.7 Å². The van der Waals surface area contributed by atoms with Gasteiger partial charge in [-0.3, -0.25) is 0 Å². The van der Waals surface area contributed by atoms with Gasteiger partial charge in [0.05, 0.1) is 18.8 Å². The highest BCUT2D eigenvalue weighted by atomic mass is 16.8. The molecule has 0 saturated carbocycles. The average Bonchev–Trinajstić information content (AvgIpc) is 2.49. The second-order valence-corrected chi connectivity index (χ2v) is 5.69. The molecule has 0 aromatic heterocycles. The van der Waals surface area contributed by atoms with Gasteiger partial charge >= 0.3 is 0 Å². The fraction of sp³-hybridized carbons (Fsp3) is 1.00. The number of aliphatic hydroxyl groups excluding tert-OH is 3. The summed E-state index contributed by atoms with van der Waals surface area (Å²) < 4.78 is 28.0. The van der Waals surface area contributed by atoms with Crippen LogP contribution in [0.15, 0.2) is 0 Å². The zero-order valence-corrected chi connectivity index (χ0v) is 12.0. The third kappa shape index (κ3) is 2.71. The van der Waals surface area contributed by atoms with Gasteiger partial charge < -0.3 is 39.0 Å². The Bertz CT molecular complexity index is 366. The lowest BCUT2D eigenvalue weighted by Crippen LogP contribution is -2.67. The molecule has 8 nitrogen and oxygen atoms in total.